The van der Waals surface area contributed by atoms with Crippen molar-refractivity contribution in [1.82, 2.24) is 5.32 Å². The van der Waals surface area contributed by atoms with Crippen LogP contribution in [0.1, 0.15) is 16.7 Å². The Bertz CT molecular complexity index is 542. The molecule has 0 saturated heterocycles. The topological polar surface area (TPSA) is 21.3 Å². The van der Waals surface area contributed by atoms with Gasteiger partial charge in [-0.15, -0.1) is 0 Å². The zero-order valence-corrected chi connectivity index (χ0v) is 12.5. The molecule has 2 aromatic rings. The van der Waals surface area contributed by atoms with E-state index in [4.69, 9.17) is 16.3 Å². The molecule has 2 rings (SSSR count). The van der Waals surface area contributed by atoms with Crippen LogP contribution in [0.5, 0.6) is 0 Å². The maximum absolute atomic E-state index is 6.12. The Kier molecular flexibility index (Phi) is 6.06. The second-order valence-electron chi connectivity index (χ2n) is 4.71. The van der Waals surface area contributed by atoms with Crippen molar-refractivity contribution in [2.75, 3.05) is 13.6 Å². The van der Waals surface area contributed by atoms with Gasteiger partial charge >= 0.3 is 0 Å². The van der Waals surface area contributed by atoms with Crippen LogP contribution >= 0.6 is 11.6 Å². The lowest BCUT2D eigenvalue weighted by molar-refractivity contribution is 0.106. The van der Waals surface area contributed by atoms with E-state index in [0.717, 1.165) is 23.6 Å². The molecule has 106 valence electrons. The van der Waals surface area contributed by atoms with Gasteiger partial charge in [-0.2, -0.15) is 0 Å². The summed E-state index contributed by atoms with van der Waals surface area (Å²) >= 11 is 6.12. The van der Waals surface area contributed by atoms with Crippen LogP contribution in [0.15, 0.2) is 48.5 Å². The lowest BCUT2D eigenvalue weighted by atomic mass is 10.1. The van der Waals surface area contributed by atoms with E-state index in [-0.39, 0.29) is 0 Å². The molecule has 0 saturated carbocycles. The van der Waals surface area contributed by atoms with Crippen molar-refractivity contribution in [3.63, 3.8) is 0 Å². The van der Waals surface area contributed by atoms with Crippen molar-refractivity contribution >= 4 is 11.6 Å². The van der Waals surface area contributed by atoms with Gasteiger partial charge in [-0.25, -0.2) is 0 Å². The van der Waals surface area contributed by atoms with Crippen molar-refractivity contribution in [2.45, 2.75) is 19.6 Å². The molecule has 3 heteroatoms. The van der Waals surface area contributed by atoms with E-state index in [0.29, 0.717) is 13.2 Å². The molecule has 0 aromatic heterocycles. The average Bonchev–Trinajstić information content (AvgIpc) is 2.48. The third-order valence-electron chi connectivity index (χ3n) is 3.24. The van der Waals surface area contributed by atoms with E-state index >= 15 is 0 Å². The fourth-order valence-corrected chi connectivity index (χ4v) is 2.28. The fourth-order valence-electron chi connectivity index (χ4n) is 2.09. The van der Waals surface area contributed by atoms with E-state index in [1.54, 1.807) is 0 Å². The smallest absolute Gasteiger partial charge is 0.0735 e. The molecule has 0 fully saturated rings. The minimum Gasteiger partial charge on any atom is -0.372 e. The van der Waals surface area contributed by atoms with Crippen LogP contribution in [-0.4, -0.2) is 13.6 Å². The highest BCUT2D eigenvalue weighted by Crippen LogP contribution is 2.17. The van der Waals surface area contributed by atoms with Gasteiger partial charge in [0, 0.05) is 5.02 Å². The van der Waals surface area contributed by atoms with Gasteiger partial charge in [-0.3, -0.25) is 0 Å². The third kappa shape index (κ3) is 4.34. The number of nitrogens with one attached hydrogen (secondary N) is 1. The summed E-state index contributed by atoms with van der Waals surface area (Å²) in [5, 5.41) is 3.93. The summed E-state index contributed by atoms with van der Waals surface area (Å²) in [6.07, 6.45) is 1.02. The molecule has 0 aliphatic heterocycles. The third-order valence-corrected chi connectivity index (χ3v) is 3.60. The summed E-state index contributed by atoms with van der Waals surface area (Å²) < 4.78 is 5.80. The highest BCUT2D eigenvalue weighted by Gasteiger charge is 2.03. The van der Waals surface area contributed by atoms with Crippen LogP contribution in [0.25, 0.3) is 0 Å². The molecule has 0 bridgehead atoms. The second kappa shape index (κ2) is 8.05. The number of hydrogen-bond acceptors (Lipinski definition) is 2. The Balaban J connectivity index is 1.92. The quantitative estimate of drug-likeness (QED) is 0.837. The molecule has 2 aromatic carbocycles. The SMILES string of the molecule is CNCCc1ccccc1COCc1ccccc1Cl. The standard InChI is InChI=1S/C17H20ClNO/c1-19-11-10-14-6-2-3-7-15(14)12-20-13-16-8-4-5-9-17(16)18/h2-9,19H,10-13H2,1H3. The molecule has 0 unspecified atom stereocenters. The highest BCUT2D eigenvalue weighted by molar-refractivity contribution is 6.31. The zero-order valence-electron chi connectivity index (χ0n) is 11.7. The monoisotopic (exact) mass is 289 g/mol. The summed E-state index contributed by atoms with van der Waals surface area (Å²) in [6.45, 7) is 2.13. The molecule has 0 heterocycles. The van der Waals surface area contributed by atoms with Crippen LogP contribution in [0.4, 0.5) is 0 Å². The van der Waals surface area contributed by atoms with Crippen LogP contribution in [0.2, 0.25) is 5.02 Å². The van der Waals surface area contributed by atoms with Crippen LogP contribution in [-0.2, 0) is 24.4 Å². The van der Waals surface area contributed by atoms with E-state index < -0.39 is 0 Å². The summed E-state index contributed by atoms with van der Waals surface area (Å²) in [5.41, 5.74) is 3.61. The Labute approximate surface area is 125 Å². The molecule has 0 atom stereocenters. The summed E-state index contributed by atoms with van der Waals surface area (Å²) in [7, 11) is 1.97. The first-order valence-electron chi connectivity index (χ1n) is 6.84. The van der Waals surface area contributed by atoms with Crippen LogP contribution < -0.4 is 5.32 Å². The average molecular weight is 290 g/mol. The van der Waals surface area contributed by atoms with Crippen molar-refractivity contribution in [3.05, 3.63) is 70.2 Å². The maximum Gasteiger partial charge on any atom is 0.0735 e. The Morgan fingerprint density at radius 1 is 0.900 bits per heavy atom. The van der Waals surface area contributed by atoms with Gasteiger partial charge in [0.05, 0.1) is 13.2 Å². The first kappa shape index (κ1) is 15.0. The van der Waals surface area contributed by atoms with Gasteiger partial charge < -0.3 is 10.1 Å². The molecule has 1 N–H and O–H groups in total. The van der Waals surface area contributed by atoms with Gasteiger partial charge in [-0.05, 0) is 42.8 Å². The van der Waals surface area contributed by atoms with E-state index in [2.05, 4.69) is 29.6 Å². The normalized spacial score (nSPS) is 10.7. The van der Waals surface area contributed by atoms with E-state index in [1.807, 2.05) is 31.3 Å². The number of rotatable bonds is 7. The van der Waals surface area contributed by atoms with Gasteiger partial charge in [0.15, 0.2) is 0 Å². The number of likely N-dealkylation sites (N-methyl/N-ethyl adjacent to an activating group) is 1. The first-order valence-corrected chi connectivity index (χ1v) is 7.21. The van der Waals surface area contributed by atoms with Gasteiger partial charge in [0.2, 0.25) is 0 Å². The maximum atomic E-state index is 6.12. The van der Waals surface area contributed by atoms with Crippen molar-refractivity contribution in [3.8, 4) is 0 Å². The molecule has 0 aliphatic carbocycles. The molecule has 0 aliphatic rings. The van der Waals surface area contributed by atoms with Gasteiger partial charge in [0.25, 0.3) is 0 Å². The summed E-state index contributed by atoms with van der Waals surface area (Å²) in [6, 6.07) is 16.2. The van der Waals surface area contributed by atoms with Gasteiger partial charge in [-0.1, -0.05) is 54.1 Å². The lowest BCUT2D eigenvalue weighted by Gasteiger charge is -2.10. The number of halogens is 1. The van der Waals surface area contributed by atoms with Gasteiger partial charge in [0.1, 0.15) is 0 Å². The van der Waals surface area contributed by atoms with Crippen molar-refractivity contribution < 1.29 is 4.74 Å². The number of benzene rings is 2. The first-order chi connectivity index (χ1) is 9.81. The highest BCUT2D eigenvalue weighted by atomic mass is 35.5. The largest absolute Gasteiger partial charge is 0.372 e. The summed E-state index contributed by atoms with van der Waals surface area (Å²) in [5.74, 6) is 0. The minimum absolute atomic E-state index is 0.542. The molecule has 2 nitrogen and oxygen atoms in total. The molecular weight excluding hydrogens is 270 g/mol. The van der Waals surface area contributed by atoms with Crippen molar-refractivity contribution in [2.24, 2.45) is 0 Å². The fraction of sp³-hybridized carbons (Fsp3) is 0.294. The number of ether oxygens (including phenoxy) is 1. The van der Waals surface area contributed by atoms with Crippen molar-refractivity contribution in [1.29, 1.82) is 0 Å². The zero-order chi connectivity index (χ0) is 14.2. The Morgan fingerprint density at radius 2 is 1.50 bits per heavy atom. The second-order valence-corrected chi connectivity index (χ2v) is 5.11. The predicted molar refractivity (Wildman–Crippen MR) is 84.0 cm³/mol. The lowest BCUT2D eigenvalue weighted by Crippen LogP contribution is -2.11. The number of hydrogen-bond donors (Lipinski definition) is 1. The van der Waals surface area contributed by atoms with E-state index in [1.165, 1.54) is 11.1 Å². The molecular formula is C17H20ClNO. The molecule has 0 radical (unpaired) electrons. The minimum atomic E-state index is 0.542. The van der Waals surface area contributed by atoms with E-state index in [9.17, 15) is 0 Å². The Morgan fingerprint density at radius 3 is 2.20 bits per heavy atom. The van der Waals surface area contributed by atoms with Crippen LogP contribution in [0, 0.1) is 0 Å². The Hall–Kier alpha value is -1.35. The van der Waals surface area contributed by atoms with Crippen LogP contribution in [0.3, 0.4) is 0 Å². The molecule has 0 amide bonds. The molecule has 0 spiro atoms. The molecule has 20 heavy (non-hydrogen) atoms. The predicted octanol–water partition coefficient (Wildman–Crippen LogP) is 3.82. The summed E-state index contributed by atoms with van der Waals surface area (Å²) in [4.78, 5) is 0.